The highest BCUT2D eigenvalue weighted by molar-refractivity contribution is 5.76. The molecular weight excluding hydrogens is 176 g/mol. The van der Waals surface area contributed by atoms with E-state index in [1.807, 2.05) is 12.1 Å². The Morgan fingerprint density at radius 1 is 1.43 bits per heavy atom. The largest absolute Gasteiger partial charge is 0.369 e. The average Bonchev–Trinajstić information content (AvgIpc) is 2.12. The van der Waals surface area contributed by atoms with E-state index in [4.69, 9.17) is 11.5 Å². The Bertz CT molecular complexity index is 351. The van der Waals surface area contributed by atoms with Crippen LogP contribution in [0.1, 0.15) is 11.1 Å². The molecule has 0 atom stereocenters. The normalized spacial score (nSPS) is 10.4. The van der Waals surface area contributed by atoms with E-state index in [2.05, 4.69) is 29.3 Å². The molecule has 0 aliphatic carbocycles. The maximum atomic E-state index is 5.11. The predicted octanol–water partition coefficient (Wildman–Crippen LogP) is 0.797. The van der Waals surface area contributed by atoms with Crippen LogP contribution < -0.4 is 11.5 Å². The van der Waals surface area contributed by atoms with Gasteiger partial charge in [0.15, 0.2) is 0 Å². The Hall–Kier alpha value is -1.84. The number of nitrogens with zero attached hydrogens (tertiary/aromatic N) is 2. The van der Waals surface area contributed by atoms with Crippen molar-refractivity contribution in [2.24, 2.45) is 21.7 Å². The number of hydrogen-bond donors (Lipinski definition) is 2. The zero-order valence-corrected chi connectivity index (χ0v) is 8.14. The van der Waals surface area contributed by atoms with Crippen LogP contribution in [0.2, 0.25) is 0 Å². The molecule has 1 aromatic rings. The van der Waals surface area contributed by atoms with E-state index in [0.717, 1.165) is 6.42 Å². The lowest BCUT2D eigenvalue weighted by molar-refractivity contribution is 1.19. The first-order chi connectivity index (χ1) is 6.68. The highest BCUT2D eigenvalue weighted by Gasteiger charge is 1.89. The third-order valence-electron chi connectivity index (χ3n) is 1.66. The number of hydrogen-bond acceptors (Lipinski definition) is 2. The molecule has 74 valence electrons. The van der Waals surface area contributed by atoms with E-state index in [9.17, 15) is 0 Å². The number of benzene rings is 1. The van der Waals surface area contributed by atoms with Crippen molar-refractivity contribution in [2.45, 2.75) is 13.3 Å². The summed E-state index contributed by atoms with van der Waals surface area (Å²) in [5.74, 6) is -0.0227. The van der Waals surface area contributed by atoms with Gasteiger partial charge >= 0.3 is 0 Å². The molecule has 0 heterocycles. The summed E-state index contributed by atoms with van der Waals surface area (Å²) in [5.41, 5.74) is 12.6. The van der Waals surface area contributed by atoms with Gasteiger partial charge in [0, 0.05) is 12.6 Å². The maximum absolute atomic E-state index is 5.11. The molecule has 1 rings (SSSR count). The molecule has 0 saturated carbocycles. The van der Waals surface area contributed by atoms with E-state index in [1.165, 1.54) is 11.1 Å². The van der Waals surface area contributed by atoms with E-state index in [1.54, 1.807) is 6.21 Å². The van der Waals surface area contributed by atoms with Gasteiger partial charge in [-0.1, -0.05) is 29.8 Å². The van der Waals surface area contributed by atoms with Crippen molar-refractivity contribution in [3.63, 3.8) is 0 Å². The van der Waals surface area contributed by atoms with Gasteiger partial charge in [-0.2, -0.15) is 5.10 Å². The molecular formula is C10H14N4. The Balaban J connectivity index is 2.54. The van der Waals surface area contributed by atoms with Crippen LogP contribution in [0.4, 0.5) is 0 Å². The molecule has 0 fully saturated rings. The summed E-state index contributed by atoms with van der Waals surface area (Å²) in [6, 6.07) is 8.20. The van der Waals surface area contributed by atoms with Crippen LogP contribution in [0.25, 0.3) is 0 Å². The van der Waals surface area contributed by atoms with Crippen LogP contribution in [-0.2, 0) is 6.42 Å². The Kier molecular flexibility index (Phi) is 3.67. The first kappa shape index (κ1) is 10.2. The van der Waals surface area contributed by atoms with Crippen molar-refractivity contribution in [2.75, 3.05) is 0 Å². The summed E-state index contributed by atoms with van der Waals surface area (Å²) in [6.45, 7) is 2.05. The first-order valence-corrected chi connectivity index (χ1v) is 4.34. The molecule has 0 bridgehead atoms. The number of guanidine groups is 1. The van der Waals surface area contributed by atoms with Crippen LogP contribution in [0, 0.1) is 6.92 Å². The molecule has 4 heteroatoms. The van der Waals surface area contributed by atoms with Crippen LogP contribution in [-0.4, -0.2) is 12.2 Å². The molecule has 14 heavy (non-hydrogen) atoms. The summed E-state index contributed by atoms with van der Waals surface area (Å²) in [4.78, 5) is 0. The molecule has 0 saturated heterocycles. The van der Waals surface area contributed by atoms with E-state index < -0.39 is 0 Å². The van der Waals surface area contributed by atoms with Gasteiger partial charge in [0.25, 0.3) is 0 Å². The second-order valence-electron chi connectivity index (χ2n) is 3.02. The molecule has 0 aliphatic heterocycles. The Morgan fingerprint density at radius 2 is 2.21 bits per heavy atom. The van der Waals surface area contributed by atoms with Gasteiger partial charge in [-0.3, -0.25) is 0 Å². The van der Waals surface area contributed by atoms with Crippen LogP contribution >= 0.6 is 0 Å². The van der Waals surface area contributed by atoms with Crippen LogP contribution in [0.5, 0.6) is 0 Å². The molecule has 0 radical (unpaired) electrons. The zero-order chi connectivity index (χ0) is 10.4. The van der Waals surface area contributed by atoms with Crippen LogP contribution in [0.15, 0.2) is 34.5 Å². The lowest BCUT2D eigenvalue weighted by Gasteiger charge is -1.96. The minimum Gasteiger partial charge on any atom is -0.369 e. The summed E-state index contributed by atoms with van der Waals surface area (Å²) in [7, 11) is 0. The molecule has 0 unspecified atom stereocenters. The standard InChI is InChI=1S/C10H14N4/c1-8-3-2-4-9(7-8)5-6-13-14-10(11)12/h2-4,6-7H,5H2,1H3,(H4,11,12,14). The summed E-state index contributed by atoms with van der Waals surface area (Å²) < 4.78 is 0. The second-order valence-corrected chi connectivity index (χ2v) is 3.02. The lowest BCUT2D eigenvalue weighted by atomic mass is 10.1. The minimum atomic E-state index is -0.0227. The number of nitrogens with two attached hydrogens (primary N) is 2. The quantitative estimate of drug-likeness (QED) is 0.420. The van der Waals surface area contributed by atoms with Crippen molar-refractivity contribution in [3.8, 4) is 0 Å². The third kappa shape index (κ3) is 3.71. The predicted molar refractivity (Wildman–Crippen MR) is 59.2 cm³/mol. The minimum absolute atomic E-state index is 0.0227. The fourth-order valence-corrected chi connectivity index (χ4v) is 1.09. The highest BCUT2D eigenvalue weighted by Crippen LogP contribution is 2.03. The van der Waals surface area contributed by atoms with Crippen molar-refractivity contribution < 1.29 is 0 Å². The average molecular weight is 190 g/mol. The van der Waals surface area contributed by atoms with Gasteiger partial charge in [0.05, 0.1) is 0 Å². The SMILES string of the molecule is Cc1cccc(CC=NN=C(N)N)c1. The molecule has 0 aromatic heterocycles. The van der Waals surface area contributed by atoms with Crippen LogP contribution in [0.3, 0.4) is 0 Å². The second kappa shape index (κ2) is 5.01. The van der Waals surface area contributed by atoms with Gasteiger partial charge in [0.1, 0.15) is 0 Å². The van der Waals surface area contributed by atoms with Crippen molar-refractivity contribution >= 4 is 12.2 Å². The van der Waals surface area contributed by atoms with Gasteiger partial charge in [0.2, 0.25) is 5.96 Å². The summed E-state index contributed by atoms with van der Waals surface area (Å²) >= 11 is 0. The Morgan fingerprint density at radius 3 is 2.86 bits per heavy atom. The van der Waals surface area contributed by atoms with E-state index in [-0.39, 0.29) is 5.96 Å². The first-order valence-electron chi connectivity index (χ1n) is 4.34. The molecule has 1 aromatic carbocycles. The summed E-state index contributed by atoms with van der Waals surface area (Å²) in [5, 5.41) is 7.21. The van der Waals surface area contributed by atoms with Gasteiger partial charge in [-0.05, 0) is 12.5 Å². The number of aryl methyl sites for hydroxylation is 1. The van der Waals surface area contributed by atoms with E-state index in [0.29, 0.717) is 0 Å². The smallest absolute Gasteiger partial charge is 0.211 e. The van der Waals surface area contributed by atoms with Crippen molar-refractivity contribution in [1.29, 1.82) is 0 Å². The molecule has 0 aliphatic rings. The van der Waals surface area contributed by atoms with Gasteiger partial charge < -0.3 is 11.5 Å². The molecule has 4 nitrogen and oxygen atoms in total. The zero-order valence-electron chi connectivity index (χ0n) is 8.14. The molecule has 0 amide bonds. The highest BCUT2D eigenvalue weighted by atomic mass is 15.3. The third-order valence-corrected chi connectivity index (χ3v) is 1.66. The van der Waals surface area contributed by atoms with Gasteiger partial charge in [-0.15, -0.1) is 5.10 Å². The fourth-order valence-electron chi connectivity index (χ4n) is 1.09. The maximum Gasteiger partial charge on any atom is 0.211 e. The van der Waals surface area contributed by atoms with Crippen molar-refractivity contribution in [1.82, 2.24) is 0 Å². The topological polar surface area (TPSA) is 76.8 Å². The number of rotatable bonds is 3. The fraction of sp³-hybridized carbons (Fsp3) is 0.200. The Labute approximate surface area is 83.3 Å². The molecule has 0 spiro atoms. The van der Waals surface area contributed by atoms with Crippen molar-refractivity contribution in [3.05, 3.63) is 35.4 Å². The molecule has 4 N–H and O–H groups in total. The summed E-state index contributed by atoms with van der Waals surface area (Å²) in [6.07, 6.45) is 2.41. The van der Waals surface area contributed by atoms with E-state index >= 15 is 0 Å². The lowest BCUT2D eigenvalue weighted by Crippen LogP contribution is -2.21. The monoisotopic (exact) mass is 190 g/mol. The van der Waals surface area contributed by atoms with Gasteiger partial charge in [-0.25, -0.2) is 0 Å².